The summed E-state index contributed by atoms with van der Waals surface area (Å²) in [6.45, 7) is 0.283. The number of rotatable bonds is 5. The second-order valence-corrected chi connectivity index (χ2v) is 4.76. The molecule has 7 heteroatoms. The maximum Gasteiger partial charge on any atom is 0.225 e. The van der Waals surface area contributed by atoms with Crippen LogP contribution in [0.25, 0.3) is 0 Å². The topological polar surface area (TPSA) is 56.3 Å². The van der Waals surface area contributed by atoms with Crippen molar-refractivity contribution in [3.8, 4) is 11.8 Å². The first-order chi connectivity index (χ1) is 9.65. The standard InChI is InChI=1S/C13H13BrFN3O2/c1-19-12-9(13(20-2)18-7-17-12)6-16-11-4-3-8(14)5-10(11)15/h3-5,7,16H,6H2,1-2H3. The van der Waals surface area contributed by atoms with Gasteiger partial charge in [0.25, 0.3) is 0 Å². The molecule has 1 N–H and O–H groups in total. The molecule has 0 aliphatic rings. The van der Waals surface area contributed by atoms with Gasteiger partial charge >= 0.3 is 0 Å². The van der Waals surface area contributed by atoms with Gasteiger partial charge in [-0.2, -0.15) is 0 Å². The molecule has 0 fully saturated rings. The minimum absolute atomic E-state index is 0.283. The Hall–Kier alpha value is -1.89. The molecule has 0 aliphatic heterocycles. The molecule has 0 spiro atoms. The highest BCUT2D eigenvalue weighted by Crippen LogP contribution is 2.26. The molecule has 1 aromatic carbocycles. The fourth-order valence-corrected chi connectivity index (χ4v) is 2.03. The van der Waals surface area contributed by atoms with Gasteiger partial charge in [0.15, 0.2) is 0 Å². The zero-order valence-corrected chi connectivity index (χ0v) is 12.6. The SMILES string of the molecule is COc1ncnc(OC)c1CNc1ccc(Br)cc1F. The Morgan fingerprint density at radius 3 is 2.40 bits per heavy atom. The monoisotopic (exact) mass is 341 g/mol. The fourth-order valence-electron chi connectivity index (χ4n) is 1.70. The third-order valence-electron chi connectivity index (χ3n) is 2.64. The number of hydrogen-bond donors (Lipinski definition) is 1. The van der Waals surface area contributed by atoms with Crippen LogP contribution >= 0.6 is 15.9 Å². The number of benzene rings is 1. The summed E-state index contributed by atoms with van der Waals surface area (Å²) in [5.41, 5.74) is 1.00. The smallest absolute Gasteiger partial charge is 0.225 e. The molecule has 0 unspecified atom stereocenters. The second-order valence-electron chi connectivity index (χ2n) is 3.85. The molecule has 2 rings (SSSR count). The maximum absolute atomic E-state index is 13.7. The first-order valence-corrected chi connectivity index (χ1v) is 6.55. The Morgan fingerprint density at radius 1 is 1.20 bits per heavy atom. The van der Waals surface area contributed by atoms with Crippen LogP contribution in [-0.2, 0) is 6.54 Å². The molecule has 0 saturated carbocycles. The van der Waals surface area contributed by atoms with Crippen LogP contribution in [0.5, 0.6) is 11.8 Å². The van der Waals surface area contributed by atoms with Crippen LogP contribution in [0.3, 0.4) is 0 Å². The van der Waals surface area contributed by atoms with Crippen molar-refractivity contribution in [3.63, 3.8) is 0 Å². The Bertz CT molecular complexity index is 588. The van der Waals surface area contributed by atoms with Crippen LogP contribution in [0.2, 0.25) is 0 Å². The van der Waals surface area contributed by atoms with E-state index in [1.165, 1.54) is 26.6 Å². The van der Waals surface area contributed by atoms with Crippen molar-refractivity contribution in [3.05, 3.63) is 40.4 Å². The van der Waals surface area contributed by atoms with Crippen molar-refractivity contribution in [2.24, 2.45) is 0 Å². The van der Waals surface area contributed by atoms with Crippen LogP contribution in [0.4, 0.5) is 10.1 Å². The van der Waals surface area contributed by atoms with Crippen LogP contribution in [-0.4, -0.2) is 24.2 Å². The van der Waals surface area contributed by atoms with Crippen molar-refractivity contribution in [1.82, 2.24) is 9.97 Å². The Labute approximate surface area is 124 Å². The molecule has 0 amide bonds. The molecule has 1 aromatic heterocycles. The lowest BCUT2D eigenvalue weighted by molar-refractivity contribution is 0.363. The number of halogens is 2. The van der Waals surface area contributed by atoms with Gasteiger partial charge in [-0.1, -0.05) is 15.9 Å². The normalized spacial score (nSPS) is 10.2. The Kier molecular flexibility index (Phi) is 4.73. The zero-order chi connectivity index (χ0) is 14.5. The lowest BCUT2D eigenvalue weighted by Gasteiger charge is -2.12. The van der Waals surface area contributed by atoms with Gasteiger partial charge in [0, 0.05) is 4.47 Å². The van der Waals surface area contributed by atoms with E-state index in [1.807, 2.05) is 0 Å². The molecule has 0 aliphatic carbocycles. The number of ether oxygens (including phenoxy) is 2. The number of aromatic nitrogens is 2. The van der Waals surface area contributed by atoms with Gasteiger partial charge in [-0.05, 0) is 18.2 Å². The second kappa shape index (κ2) is 6.51. The third-order valence-corrected chi connectivity index (χ3v) is 3.13. The summed E-state index contributed by atoms with van der Waals surface area (Å²) in [7, 11) is 3.01. The van der Waals surface area contributed by atoms with Crippen molar-refractivity contribution in [2.75, 3.05) is 19.5 Å². The van der Waals surface area contributed by atoms with Gasteiger partial charge < -0.3 is 14.8 Å². The quantitative estimate of drug-likeness (QED) is 0.905. The highest BCUT2D eigenvalue weighted by Gasteiger charge is 2.13. The van der Waals surface area contributed by atoms with E-state index in [-0.39, 0.29) is 12.4 Å². The van der Waals surface area contributed by atoms with E-state index >= 15 is 0 Å². The molecular formula is C13H13BrFN3O2. The predicted molar refractivity (Wildman–Crippen MR) is 76.6 cm³/mol. The average molecular weight is 342 g/mol. The summed E-state index contributed by atoms with van der Waals surface area (Å²) in [6.07, 6.45) is 1.35. The van der Waals surface area contributed by atoms with Gasteiger partial charge in [-0.3, -0.25) is 0 Å². The number of nitrogens with one attached hydrogen (secondary N) is 1. The fraction of sp³-hybridized carbons (Fsp3) is 0.231. The van der Waals surface area contributed by atoms with Gasteiger partial charge in [0.05, 0.1) is 32.0 Å². The number of hydrogen-bond acceptors (Lipinski definition) is 5. The zero-order valence-electron chi connectivity index (χ0n) is 11.0. The summed E-state index contributed by atoms with van der Waals surface area (Å²) in [6, 6.07) is 4.78. The van der Waals surface area contributed by atoms with E-state index < -0.39 is 0 Å². The highest BCUT2D eigenvalue weighted by atomic mass is 79.9. The highest BCUT2D eigenvalue weighted by molar-refractivity contribution is 9.10. The van der Waals surface area contributed by atoms with Crippen LogP contribution in [0.1, 0.15) is 5.56 Å². The Balaban J connectivity index is 2.22. The molecule has 0 radical (unpaired) electrons. The lowest BCUT2D eigenvalue weighted by Crippen LogP contribution is -2.07. The molecule has 2 aromatic rings. The van der Waals surface area contributed by atoms with Crippen LogP contribution in [0.15, 0.2) is 29.0 Å². The predicted octanol–water partition coefficient (Wildman–Crippen LogP) is 3.01. The van der Waals surface area contributed by atoms with E-state index in [4.69, 9.17) is 9.47 Å². The molecule has 0 atom stereocenters. The van der Waals surface area contributed by atoms with Crippen molar-refractivity contribution >= 4 is 21.6 Å². The number of anilines is 1. The van der Waals surface area contributed by atoms with Crippen molar-refractivity contribution in [2.45, 2.75) is 6.54 Å². The van der Waals surface area contributed by atoms with Gasteiger partial charge in [-0.25, -0.2) is 14.4 Å². The molecule has 1 heterocycles. The largest absolute Gasteiger partial charge is 0.481 e. The minimum Gasteiger partial charge on any atom is -0.481 e. The van der Waals surface area contributed by atoms with Crippen LogP contribution in [0, 0.1) is 5.82 Å². The molecule has 5 nitrogen and oxygen atoms in total. The minimum atomic E-state index is -0.353. The molecule has 106 valence electrons. The van der Waals surface area contributed by atoms with E-state index in [2.05, 4.69) is 31.2 Å². The molecular weight excluding hydrogens is 329 g/mol. The summed E-state index contributed by atoms with van der Waals surface area (Å²) >= 11 is 3.21. The van der Waals surface area contributed by atoms with Crippen molar-refractivity contribution in [1.29, 1.82) is 0 Å². The maximum atomic E-state index is 13.7. The third kappa shape index (κ3) is 3.16. The van der Waals surface area contributed by atoms with E-state index in [9.17, 15) is 4.39 Å². The van der Waals surface area contributed by atoms with E-state index in [1.54, 1.807) is 12.1 Å². The van der Waals surface area contributed by atoms with Crippen LogP contribution < -0.4 is 14.8 Å². The summed E-state index contributed by atoms with van der Waals surface area (Å²) in [5.74, 6) is 0.429. The summed E-state index contributed by atoms with van der Waals surface area (Å²) in [5, 5.41) is 2.97. The number of methoxy groups -OCH3 is 2. The van der Waals surface area contributed by atoms with Gasteiger partial charge in [-0.15, -0.1) is 0 Å². The summed E-state index contributed by atoms with van der Waals surface area (Å²) in [4.78, 5) is 8.00. The molecule has 0 saturated heterocycles. The summed E-state index contributed by atoms with van der Waals surface area (Å²) < 4.78 is 24.7. The molecule has 0 bridgehead atoms. The lowest BCUT2D eigenvalue weighted by atomic mass is 10.2. The van der Waals surface area contributed by atoms with Crippen molar-refractivity contribution < 1.29 is 13.9 Å². The van der Waals surface area contributed by atoms with Gasteiger partial charge in [0.2, 0.25) is 11.8 Å². The molecule has 20 heavy (non-hydrogen) atoms. The first kappa shape index (κ1) is 14.5. The first-order valence-electron chi connectivity index (χ1n) is 5.76. The van der Waals surface area contributed by atoms with E-state index in [0.717, 1.165) is 0 Å². The number of nitrogens with zero attached hydrogens (tertiary/aromatic N) is 2. The van der Waals surface area contributed by atoms with Gasteiger partial charge in [0.1, 0.15) is 12.1 Å². The Morgan fingerprint density at radius 2 is 1.85 bits per heavy atom. The van der Waals surface area contributed by atoms with E-state index in [0.29, 0.717) is 27.5 Å². The average Bonchev–Trinajstić information content (AvgIpc) is 2.46.